The first-order chi connectivity index (χ1) is 4.83. The van der Waals surface area contributed by atoms with E-state index in [-0.39, 0.29) is 0 Å². The Hall–Kier alpha value is -0.230. The zero-order valence-corrected chi connectivity index (χ0v) is 6.59. The molecular weight excluding hydrogens is 144 g/mol. The SMILES string of the molecule is C=CC1CC2C=CC1C2Cl. The van der Waals surface area contributed by atoms with Crippen molar-refractivity contribution in [2.75, 3.05) is 0 Å². The molecule has 0 saturated heterocycles. The van der Waals surface area contributed by atoms with E-state index in [1.54, 1.807) is 0 Å². The third-order valence-corrected chi connectivity index (χ3v) is 3.31. The molecule has 0 heterocycles. The minimum Gasteiger partial charge on any atom is -0.122 e. The molecule has 4 atom stereocenters. The normalized spacial score (nSPS) is 50.1. The highest BCUT2D eigenvalue weighted by molar-refractivity contribution is 6.21. The summed E-state index contributed by atoms with van der Waals surface area (Å²) >= 11 is 6.14. The summed E-state index contributed by atoms with van der Waals surface area (Å²) in [4.78, 5) is 0. The number of hydrogen-bond donors (Lipinski definition) is 0. The van der Waals surface area contributed by atoms with Crippen molar-refractivity contribution >= 4 is 11.6 Å². The highest BCUT2D eigenvalue weighted by Crippen LogP contribution is 2.46. The maximum atomic E-state index is 6.14. The third kappa shape index (κ3) is 0.687. The van der Waals surface area contributed by atoms with Crippen molar-refractivity contribution in [1.29, 1.82) is 0 Å². The van der Waals surface area contributed by atoms with Crippen molar-refractivity contribution in [3.05, 3.63) is 24.8 Å². The average molecular weight is 155 g/mol. The summed E-state index contributed by atoms with van der Waals surface area (Å²) in [5.41, 5.74) is 0. The lowest BCUT2D eigenvalue weighted by Gasteiger charge is -2.11. The maximum absolute atomic E-state index is 6.14. The van der Waals surface area contributed by atoms with Crippen LogP contribution in [0.2, 0.25) is 0 Å². The molecule has 0 aromatic carbocycles. The molecule has 0 aromatic rings. The minimum absolute atomic E-state index is 0.364. The van der Waals surface area contributed by atoms with Gasteiger partial charge in [0.15, 0.2) is 0 Å². The Bertz CT molecular complexity index is 183. The van der Waals surface area contributed by atoms with Gasteiger partial charge in [-0.05, 0) is 24.2 Å². The molecule has 1 saturated carbocycles. The van der Waals surface area contributed by atoms with E-state index in [1.165, 1.54) is 6.42 Å². The van der Waals surface area contributed by atoms with Crippen LogP contribution < -0.4 is 0 Å². The Morgan fingerprint density at radius 1 is 1.50 bits per heavy atom. The highest BCUT2D eigenvalue weighted by Gasteiger charge is 2.41. The highest BCUT2D eigenvalue weighted by atomic mass is 35.5. The molecule has 2 rings (SSSR count). The topological polar surface area (TPSA) is 0 Å². The molecular formula is C9H11Cl. The fourth-order valence-electron chi connectivity index (χ4n) is 2.08. The van der Waals surface area contributed by atoms with E-state index in [9.17, 15) is 0 Å². The van der Waals surface area contributed by atoms with Gasteiger partial charge in [0.25, 0.3) is 0 Å². The zero-order valence-electron chi connectivity index (χ0n) is 5.83. The molecule has 2 aliphatic rings. The predicted molar refractivity (Wildman–Crippen MR) is 44.1 cm³/mol. The first-order valence-electron chi connectivity index (χ1n) is 3.78. The van der Waals surface area contributed by atoms with E-state index < -0.39 is 0 Å². The van der Waals surface area contributed by atoms with Gasteiger partial charge in [-0.1, -0.05) is 18.2 Å². The van der Waals surface area contributed by atoms with Crippen LogP contribution >= 0.6 is 11.6 Å². The molecule has 1 heteroatoms. The molecule has 2 bridgehead atoms. The van der Waals surface area contributed by atoms with Crippen LogP contribution in [-0.2, 0) is 0 Å². The summed E-state index contributed by atoms with van der Waals surface area (Å²) in [6, 6.07) is 0. The summed E-state index contributed by atoms with van der Waals surface area (Å²) < 4.78 is 0. The largest absolute Gasteiger partial charge is 0.122 e. The maximum Gasteiger partial charge on any atom is 0.0467 e. The number of halogens is 1. The standard InChI is InChI=1S/C9H11Cl/c1-2-6-5-7-3-4-8(6)9(7)10/h2-4,6-9H,1,5H2. The number of hydrogen-bond acceptors (Lipinski definition) is 0. The number of rotatable bonds is 1. The van der Waals surface area contributed by atoms with Crippen molar-refractivity contribution in [3.63, 3.8) is 0 Å². The van der Waals surface area contributed by atoms with Crippen LogP contribution in [0.25, 0.3) is 0 Å². The van der Waals surface area contributed by atoms with Gasteiger partial charge < -0.3 is 0 Å². The Kier molecular flexibility index (Phi) is 1.38. The van der Waals surface area contributed by atoms with E-state index in [1.807, 2.05) is 6.08 Å². The second-order valence-corrected chi connectivity index (χ2v) is 3.71. The molecule has 0 amide bonds. The molecule has 10 heavy (non-hydrogen) atoms. The molecule has 0 N–H and O–H groups in total. The van der Waals surface area contributed by atoms with E-state index in [4.69, 9.17) is 11.6 Å². The van der Waals surface area contributed by atoms with E-state index >= 15 is 0 Å². The molecule has 0 aromatic heterocycles. The molecule has 4 unspecified atom stereocenters. The minimum atomic E-state index is 0.364. The summed E-state index contributed by atoms with van der Waals surface area (Å²) in [6.07, 6.45) is 7.77. The van der Waals surface area contributed by atoms with Crippen molar-refractivity contribution in [1.82, 2.24) is 0 Å². The van der Waals surface area contributed by atoms with Gasteiger partial charge in [-0.2, -0.15) is 0 Å². The van der Waals surface area contributed by atoms with Gasteiger partial charge in [-0.25, -0.2) is 0 Å². The van der Waals surface area contributed by atoms with E-state index in [0.29, 0.717) is 23.1 Å². The van der Waals surface area contributed by atoms with Crippen molar-refractivity contribution in [2.24, 2.45) is 17.8 Å². The van der Waals surface area contributed by atoms with Crippen LogP contribution in [0.1, 0.15) is 6.42 Å². The molecule has 0 aliphatic heterocycles. The number of allylic oxidation sites excluding steroid dienone is 3. The quantitative estimate of drug-likeness (QED) is 0.402. The predicted octanol–water partition coefficient (Wildman–Crippen LogP) is 2.60. The van der Waals surface area contributed by atoms with Crippen molar-refractivity contribution < 1.29 is 0 Å². The summed E-state index contributed by atoms with van der Waals surface area (Å²) in [6.45, 7) is 3.80. The van der Waals surface area contributed by atoms with Crippen molar-refractivity contribution in [3.8, 4) is 0 Å². The van der Waals surface area contributed by atoms with Gasteiger partial charge in [0.1, 0.15) is 0 Å². The van der Waals surface area contributed by atoms with Crippen LogP contribution in [0.3, 0.4) is 0 Å². The average Bonchev–Trinajstić information content (AvgIpc) is 2.46. The number of fused-ring (bicyclic) bond motifs is 2. The van der Waals surface area contributed by atoms with Gasteiger partial charge in [-0.3, -0.25) is 0 Å². The molecule has 1 fully saturated rings. The first kappa shape index (κ1) is 6.48. The van der Waals surface area contributed by atoms with E-state index in [0.717, 1.165) is 0 Å². The Balaban J connectivity index is 2.23. The second kappa shape index (κ2) is 2.13. The second-order valence-electron chi connectivity index (χ2n) is 3.21. The summed E-state index contributed by atoms with van der Waals surface area (Å²) in [5.74, 6) is 1.87. The molecule has 0 radical (unpaired) electrons. The third-order valence-electron chi connectivity index (χ3n) is 2.70. The fourth-order valence-corrected chi connectivity index (χ4v) is 2.54. The van der Waals surface area contributed by atoms with Gasteiger partial charge in [-0.15, -0.1) is 18.2 Å². The Morgan fingerprint density at radius 3 is 2.60 bits per heavy atom. The van der Waals surface area contributed by atoms with Gasteiger partial charge in [0.05, 0.1) is 0 Å². The van der Waals surface area contributed by atoms with Gasteiger partial charge >= 0.3 is 0 Å². The number of alkyl halides is 1. The van der Waals surface area contributed by atoms with Crippen molar-refractivity contribution in [2.45, 2.75) is 11.8 Å². The smallest absolute Gasteiger partial charge is 0.0467 e. The lowest BCUT2D eigenvalue weighted by atomic mass is 9.94. The summed E-state index contributed by atoms with van der Waals surface area (Å²) in [7, 11) is 0. The van der Waals surface area contributed by atoms with Crippen LogP contribution in [0.4, 0.5) is 0 Å². The zero-order chi connectivity index (χ0) is 7.14. The summed E-state index contributed by atoms with van der Waals surface area (Å²) in [5, 5.41) is 0.364. The van der Waals surface area contributed by atoms with E-state index in [2.05, 4.69) is 18.7 Å². The van der Waals surface area contributed by atoms with Crippen LogP contribution in [0.5, 0.6) is 0 Å². The first-order valence-corrected chi connectivity index (χ1v) is 4.21. The molecule has 54 valence electrons. The Morgan fingerprint density at radius 2 is 2.30 bits per heavy atom. The monoisotopic (exact) mass is 154 g/mol. The molecule has 0 spiro atoms. The van der Waals surface area contributed by atoms with Gasteiger partial charge in [0.2, 0.25) is 0 Å². The lowest BCUT2D eigenvalue weighted by molar-refractivity contribution is 0.552. The molecule has 2 aliphatic carbocycles. The lowest BCUT2D eigenvalue weighted by Crippen LogP contribution is -2.08. The fraction of sp³-hybridized carbons (Fsp3) is 0.556. The van der Waals surface area contributed by atoms with Crippen LogP contribution in [0.15, 0.2) is 24.8 Å². The van der Waals surface area contributed by atoms with Crippen LogP contribution in [0, 0.1) is 17.8 Å². The molecule has 0 nitrogen and oxygen atoms in total. The Labute approximate surface area is 66.6 Å². The van der Waals surface area contributed by atoms with Crippen LogP contribution in [-0.4, -0.2) is 5.38 Å². The van der Waals surface area contributed by atoms with Gasteiger partial charge in [0, 0.05) is 5.38 Å².